The van der Waals surface area contributed by atoms with Crippen molar-refractivity contribution in [1.82, 2.24) is 10.2 Å². The van der Waals surface area contributed by atoms with Crippen LogP contribution in [0.15, 0.2) is 0 Å². The molecule has 6 nitrogen and oxygen atoms in total. The van der Waals surface area contributed by atoms with Gasteiger partial charge in [-0.05, 0) is 21.0 Å². The summed E-state index contributed by atoms with van der Waals surface area (Å²) >= 11 is 0. The van der Waals surface area contributed by atoms with Gasteiger partial charge in [0.1, 0.15) is 15.4 Å². The third-order valence-corrected chi connectivity index (χ3v) is 3.45. The van der Waals surface area contributed by atoms with Gasteiger partial charge in [0.2, 0.25) is 5.91 Å². The molecule has 96 valence electrons. The van der Waals surface area contributed by atoms with E-state index in [0.29, 0.717) is 13.1 Å². The molecule has 0 saturated carbocycles. The fourth-order valence-corrected chi connectivity index (χ4v) is 1.86. The Kier molecular flexibility index (Phi) is 5.37. The van der Waals surface area contributed by atoms with Crippen LogP contribution >= 0.6 is 0 Å². The summed E-state index contributed by atoms with van der Waals surface area (Å²) in [5, 5.41) is 2.84. The van der Waals surface area contributed by atoms with Crippen LogP contribution < -0.4 is 11.1 Å². The molecule has 0 bridgehead atoms. The topological polar surface area (TPSA) is 92.5 Å². The van der Waals surface area contributed by atoms with Gasteiger partial charge in [-0.25, -0.2) is 8.42 Å². The predicted octanol–water partition coefficient (Wildman–Crippen LogP) is -1.57. The van der Waals surface area contributed by atoms with Gasteiger partial charge in [0.25, 0.3) is 0 Å². The molecule has 16 heavy (non-hydrogen) atoms. The lowest BCUT2D eigenvalue weighted by atomic mass is 10.0. The molecule has 0 aliphatic carbocycles. The molecule has 0 aromatic rings. The van der Waals surface area contributed by atoms with Crippen molar-refractivity contribution in [3.63, 3.8) is 0 Å². The number of rotatable bonds is 7. The Balaban J connectivity index is 4.33. The molecule has 0 radical (unpaired) electrons. The molecule has 0 spiro atoms. The minimum Gasteiger partial charge on any atom is -0.368 e. The van der Waals surface area contributed by atoms with Crippen LogP contribution in [0.3, 0.4) is 0 Å². The summed E-state index contributed by atoms with van der Waals surface area (Å²) in [6.07, 6.45) is 1.19. The van der Waals surface area contributed by atoms with Crippen LogP contribution in [0.2, 0.25) is 0 Å². The summed E-state index contributed by atoms with van der Waals surface area (Å²) < 4.78 is 21.9. The molecule has 7 heteroatoms. The third kappa shape index (κ3) is 5.43. The first-order valence-electron chi connectivity index (χ1n) is 4.96. The van der Waals surface area contributed by atoms with E-state index >= 15 is 0 Å². The van der Waals surface area contributed by atoms with Gasteiger partial charge in [-0.3, -0.25) is 4.79 Å². The molecular weight excluding hydrogens is 230 g/mol. The molecule has 0 aliphatic rings. The Morgan fingerprint density at radius 2 is 2.00 bits per heavy atom. The van der Waals surface area contributed by atoms with Crippen molar-refractivity contribution in [2.75, 3.05) is 39.2 Å². The first-order valence-corrected chi connectivity index (χ1v) is 7.02. The van der Waals surface area contributed by atoms with E-state index in [0.717, 1.165) is 0 Å². The summed E-state index contributed by atoms with van der Waals surface area (Å²) in [6, 6.07) is 0. The number of carbonyl (C=O) groups excluding carboxylic acids is 1. The van der Waals surface area contributed by atoms with Crippen LogP contribution in [0.25, 0.3) is 0 Å². The number of hydrogen-bond acceptors (Lipinski definition) is 5. The van der Waals surface area contributed by atoms with E-state index in [1.165, 1.54) is 6.26 Å². The fraction of sp³-hybridized carbons (Fsp3) is 0.889. The van der Waals surface area contributed by atoms with E-state index in [-0.39, 0.29) is 5.75 Å². The summed E-state index contributed by atoms with van der Waals surface area (Å²) in [6.45, 7) is 2.43. The minimum atomic E-state index is -2.98. The summed E-state index contributed by atoms with van der Waals surface area (Å²) in [4.78, 5) is 13.0. The van der Waals surface area contributed by atoms with Crippen molar-refractivity contribution in [1.29, 1.82) is 0 Å². The maximum Gasteiger partial charge on any atom is 0.238 e. The molecule has 0 aromatic carbocycles. The minimum absolute atomic E-state index is 0.0715. The Morgan fingerprint density at radius 3 is 2.31 bits per heavy atom. The van der Waals surface area contributed by atoms with Gasteiger partial charge in [0, 0.05) is 19.3 Å². The Hall–Kier alpha value is -0.660. The van der Waals surface area contributed by atoms with Gasteiger partial charge in [-0.15, -0.1) is 0 Å². The van der Waals surface area contributed by atoms with Crippen LogP contribution in [0.1, 0.15) is 6.92 Å². The zero-order chi connectivity index (χ0) is 13.0. The van der Waals surface area contributed by atoms with E-state index in [2.05, 4.69) is 5.32 Å². The summed E-state index contributed by atoms with van der Waals surface area (Å²) in [5.41, 5.74) is 4.42. The van der Waals surface area contributed by atoms with Crippen LogP contribution in [0, 0.1) is 0 Å². The van der Waals surface area contributed by atoms with Gasteiger partial charge >= 0.3 is 0 Å². The van der Waals surface area contributed by atoms with E-state index in [1.54, 1.807) is 25.9 Å². The first kappa shape index (κ1) is 15.3. The summed E-state index contributed by atoms with van der Waals surface area (Å²) in [7, 11) is 0.422. The van der Waals surface area contributed by atoms with Crippen molar-refractivity contribution in [3.05, 3.63) is 0 Å². The van der Waals surface area contributed by atoms with E-state index in [9.17, 15) is 13.2 Å². The Bertz CT molecular complexity index is 342. The average molecular weight is 251 g/mol. The standard InChI is InChI=1S/C9H21N3O3S/c1-9(11-2,8(10)13)7-12(3)5-6-16(4,14)15/h11H,5-7H2,1-4H3,(H2,10,13). The normalized spacial score (nSPS) is 16.1. The quantitative estimate of drug-likeness (QED) is 0.570. The van der Waals surface area contributed by atoms with Crippen molar-refractivity contribution in [2.24, 2.45) is 5.73 Å². The lowest BCUT2D eigenvalue weighted by Crippen LogP contribution is -2.58. The van der Waals surface area contributed by atoms with Gasteiger partial charge in [0.15, 0.2) is 0 Å². The highest BCUT2D eigenvalue weighted by Crippen LogP contribution is 2.04. The van der Waals surface area contributed by atoms with Crippen molar-refractivity contribution in [3.8, 4) is 0 Å². The lowest BCUT2D eigenvalue weighted by Gasteiger charge is -2.30. The first-order chi connectivity index (χ1) is 7.10. The maximum absolute atomic E-state index is 11.2. The highest BCUT2D eigenvalue weighted by atomic mass is 32.2. The molecule has 0 saturated heterocycles. The maximum atomic E-state index is 11.2. The molecule has 1 amide bonds. The molecule has 1 atom stereocenters. The number of carbonyl (C=O) groups is 1. The molecular formula is C9H21N3O3S. The summed E-state index contributed by atoms with van der Waals surface area (Å²) in [5.74, 6) is -0.386. The SMILES string of the molecule is CNC(C)(CN(C)CCS(C)(=O)=O)C(N)=O. The largest absolute Gasteiger partial charge is 0.368 e. The molecule has 0 aromatic heterocycles. The highest BCUT2D eigenvalue weighted by Gasteiger charge is 2.30. The van der Waals surface area contributed by atoms with Crippen molar-refractivity contribution in [2.45, 2.75) is 12.5 Å². The molecule has 3 N–H and O–H groups in total. The number of amides is 1. The van der Waals surface area contributed by atoms with Gasteiger partial charge < -0.3 is 16.0 Å². The van der Waals surface area contributed by atoms with Gasteiger partial charge in [-0.1, -0.05) is 0 Å². The van der Waals surface area contributed by atoms with Gasteiger partial charge in [0.05, 0.1) is 5.75 Å². The molecule has 0 heterocycles. The van der Waals surface area contributed by atoms with Crippen molar-refractivity contribution >= 4 is 15.7 Å². The second-order valence-corrected chi connectivity index (χ2v) is 6.57. The molecule has 1 unspecified atom stereocenters. The van der Waals surface area contributed by atoms with E-state index < -0.39 is 21.3 Å². The van der Waals surface area contributed by atoms with Crippen molar-refractivity contribution < 1.29 is 13.2 Å². The van der Waals surface area contributed by atoms with Crippen LogP contribution in [0.5, 0.6) is 0 Å². The fourth-order valence-electron chi connectivity index (χ4n) is 1.22. The second kappa shape index (κ2) is 5.60. The van der Waals surface area contributed by atoms with Crippen LogP contribution in [-0.2, 0) is 14.6 Å². The third-order valence-electron chi connectivity index (χ3n) is 2.53. The predicted molar refractivity (Wildman–Crippen MR) is 63.9 cm³/mol. The molecule has 0 fully saturated rings. The zero-order valence-corrected chi connectivity index (χ0v) is 11.1. The zero-order valence-electron chi connectivity index (χ0n) is 10.3. The van der Waals surface area contributed by atoms with Crippen LogP contribution in [-0.4, -0.2) is 64.0 Å². The highest BCUT2D eigenvalue weighted by molar-refractivity contribution is 7.90. The van der Waals surface area contributed by atoms with Crippen LogP contribution in [0.4, 0.5) is 0 Å². The lowest BCUT2D eigenvalue weighted by molar-refractivity contribution is -0.124. The molecule has 0 aliphatic heterocycles. The average Bonchev–Trinajstić information content (AvgIpc) is 2.13. The monoisotopic (exact) mass is 251 g/mol. The van der Waals surface area contributed by atoms with E-state index in [1.807, 2.05) is 0 Å². The second-order valence-electron chi connectivity index (χ2n) is 4.31. The van der Waals surface area contributed by atoms with E-state index in [4.69, 9.17) is 5.73 Å². The number of hydrogen-bond donors (Lipinski definition) is 2. The number of nitrogens with two attached hydrogens (primary N) is 1. The smallest absolute Gasteiger partial charge is 0.238 e. The number of sulfone groups is 1. The van der Waals surface area contributed by atoms with Gasteiger partial charge in [-0.2, -0.15) is 0 Å². The molecule has 0 rings (SSSR count). The Labute approximate surface area is 97.1 Å². The number of primary amides is 1. The number of nitrogens with zero attached hydrogens (tertiary/aromatic N) is 1. The number of likely N-dealkylation sites (N-methyl/N-ethyl adjacent to an activating group) is 2. The Morgan fingerprint density at radius 1 is 1.50 bits per heavy atom. The number of nitrogens with one attached hydrogen (secondary N) is 1.